The Balaban J connectivity index is 2.41. The van der Waals surface area contributed by atoms with Crippen molar-refractivity contribution in [3.63, 3.8) is 0 Å². The molecule has 2 nitrogen and oxygen atoms in total. The summed E-state index contributed by atoms with van der Waals surface area (Å²) in [5.41, 5.74) is 0.911. The van der Waals surface area contributed by atoms with Crippen molar-refractivity contribution in [2.24, 2.45) is 0 Å². The van der Waals surface area contributed by atoms with E-state index in [2.05, 4.69) is 0 Å². The normalized spacial score (nSPS) is 10.4. The zero-order valence-electron chi connectivity index (χ0n) is 8.46. The first kappa shape index (κ1) is 11.2. The zero-order valence-corrected chi connectivity index (χ0v) is 9.97. The van der Waals surface area contributed by atoms with Gasteiger partial charge in [-0.3, -0.25) is 4.79 Å². The Kier molecular flexibility index (Phi) is 3.03. The maximum Gasteiger partial charge on any atom is 0.197 e. The van der Waals surface area contributed by atoms with Crippen LogP contribution in [0.4, 0.5) is 0 Å². The number of hydrogen-bond donors (Lipinski definition) is 0. The Bertz CT molecular complexity index is 544. The highest BCUT2D eigenvalue weighted by molar-refractivity contribution is 6.37. The van der Waals surface area contributed by atoms with Gasteiger partial charge in [-0.15, -0.1) is 0 Å². The van der Waals surface area contributed by atoms with Crippen LogP contribution in [0.3, 0.4) is 0 Å². The first-order valence-electron chi connectivity index (χ1n) is 4.63. The third kappa shape index (κ3) is 2.13. The van der Waals surface area contributed by atoms with Crippen molar-refractivity contribution >= 4 is 29.0 Å². The molecule has 2 rings (SSSR count). The molecule has 1 aromatic heterocycles. The Morgan fingerprint density at radius 2 is 2.00 bits per heavy atom. The lowest BCUT2D eigenvalue weighted by atomic mass is 10.1. The van der Waals surface area contributed by atoms with Gasteiger partial charge in [0.25, 0.3) is 0 Å². The first-order valence-corrected chi connectivity index (χ1v) is 5.38. The van der Waals surface area contributed by atoms with E-state index in [0.717, 1.165) is 0 Å². The maximum atomic E-state index is 12.0. The molecule has 0 atom stereocenters. The molecule has 4 heteroatoms. The van der Waals surface area contributed by atoms with Crippen LogP contribution in [0.25, 0.3) is 0 Å². The van der Waals surface area contributed by atoms with Crippen molar-refractivity contribution < 1.29 is 9.21 Å². The smallest absolute Gasteiger partial charge is 0.197 e. The molecule has 2 aromatic rings. The van der Waals surface area contributed by atoms with Crippen LogP contribution in [-0.2, 0) is 0 Å². The van der Waals surface area contributed by atoms with Crippen LogP contribution < -0.4 is 0 Å². The molecule has 0 aliphatic rings. The van der Waals surface area contributed by atoms with Crippen molar-refractivity contribution in [2.45, 2.75) is 6.92 Å². The topological polar surface area (TPSA) is 30.2 Å². The van der Waals surface area contributed by atoms with Crippen LogP contribution in [0.15, 0.2) is 34.9 Å². The highest BCUT2D eigenvalue weighted by Crippen LogP contribution is 2.24. The molecule has 82 valence electrons. The molecular weight excluding hydrogens is 247 g/mol. The molecule has 0 spiro atoms. The molecule has 0 N–H and O–H groups in total. The van der Waals surface area contributed by atoms with E-state index in [9.17, 15) is 4.79 Å². The third-order valence-corrected chi connectivity index (χ3v) is 2.72. The lowest BCUT2D eigenvalue weighted by molar-refractivity contribution is 0.103. The fourth-order valence-corrected chi connectivity index (χ4v) is 1.89. The van der Waals surface area contributed by atoms with E-state index in [-0.39, 0.29) is 5.78 Å². The van der Waals surface area contributed by atoms with Gasteiger partial charge in [0.1, 0.15) is 12.0 Å². The summed E-state index contributed by atoms with van der Waals surface area (Å²) in [4.78, 5) is 12.0. The molecule has 0 aliphatic carbocycles. The van der Waals surface area contributed by atoms with Crippen LogP contribution in [0.2, 0.25) is 10.0 Å². The standard InChI is InChI=1S/C12H8Cl2O2/c1-7-4-8(6-16-7)12(15)10-3-2-9(13)5-11(10)14/h2-6H,1H3. The fourth-order valence-electron chi connectivity index (χ4n) is 1.39. The molecule has 0 radical (unpaired) electrons. The SMILES string of the molecule is Cc1cc(C(=O)c2ccc(Cl)cc2Cl)co1. The molecule has 0 aliphatic heterocycles. The highest BCUT2D eigenvalue weighted by Gasteiger charge is 2.14. The van der Waals surface area contributed by atoms with Gasteiger partial charge < -0.3 is 4.42 Å². The second kappa shape index (κ2) is 4.32. The Hall–Kier alpha value is -1.25. The van der Waals surface area contributed by atoms with E-state index in [0.29, 0.717) is 26.9 Å². The van der Waals surface area contributed by atoms with Crippen LogP contribution >= 0.6 is 23.2 Å². The summed E-state index contributed by atoms with van der Waals surface area (Å²) in [5, 5.41) is 0.848. The quantitative estimate of drug-likeness (QED) is 0.755. The average Bonchev–Trinajstić information content (AvgIpc) is 2.64. The number of furan rings is 1. The molecule has 1 aromatic carbocycles. The van der Waals surface area contributed by atoms with Gasteiger partial charge in [-0.05, 0) is 31.2 Å². The summed E-state index contributed by atoms with van der Waals surface area (Å²) in [6.07, 6.45) is 1.42. The van der Waals surface area contributed by atoms with E-state index in [1.54, 1.807) is 31.2 Å². The van der Waals surface area contributed by atoms with Gasteiger partial charge in [0.2, 0.25) is 0 Å². The zero-order chi connectivity index (χ0) is 11.7. The minimum Gasteiger partial charge on any atom is -0.469 e. The van der Waals surface area contributed by atoms with Gasteiger partial charge in [-0.2, -0.15) is 0 Å². The molecule has 0 unspecified atom stereocenters. The second-order valence-corrected chi connectivity index (χ2v) is 4.24. The molecular formula is C12H8Cl2O2. The molecule has 0 amide bonds. The second-order valence-electron chi connectivity index (χ2n) is 3.40. The number of carbonyl (C=O) groups is 1. The Labute approximate surface area is 103 Å². The first-order chi connectivity index (χ1) is 7.58. The van der Waals surface area contributed by atoms with Crippen LogP contribution in [0, 0.1) is 6.92 Å². The number of rotatable bonds is 2. The van der Waals surface area contributed by atoms with Crippen LogP contribution in [-0.4, -0.2) is 5.78 Å². The van der Waals surface area contributed by atoms with Crippen molar-refractivity contribution in [3.8, 4) is 0 Å². The Morgan fingerprint density at radius 1 is 1.25 bits per heavy atom. The summed E-state index contributed by atoms with van der Waals surface area (Å²) in [6.45, 7) is 1.78. The van der Waals surface area contributed by atoms with E-state index < -0.39 is 0 Å². The number of halogens is 2. The van der Waals surface area contributed by atoms with Gasteiger partial charge in [-0.1, -0.05) is 23.2 Å². The van der Waals surface area contributed by atoms with Crippen molar-refractivity contribution in [1.29, 1.82) is 0 Å². The lowest BCUT2D eigenvalue weighted by Gasteiger charge is -2.01. The number of carbonyl (C=O) groups excluding carboxylic acids is 1. The molecule has 0 saturated heterocycles. The van der Waals surface area contributed by atoms with Crippen LogP contribution in [0.1, 0.15) is 21.7 Å². The minimum absolute atomic E-state index is 0.168. The fraction of sp³-hybridized carbons (Fsp3) is 0.0833. The highest BCUT2D eigenvalue weighted by atomic mass is 35.5. The summed E-state index contributed by atoms with van der Waals surface area (Å²) in [5.74, 6) is 0.520. The number of hydrogen-bond acceptors (Lipinski definition) is 2. The Morgan fingerprint density at radius 3 is 2.56 bits per heavy atom. The summed E-state index contributed by atoms with van der Waals surface area (Å²) < 4.78 is 5.08. The van der Waals surface area contributed by atoms with Gasteiger partial charge in [0.15, 0.2) is 5.78 Å². The molecule has 16 heavy (non-hydrogen) atoms. The molecule has 0 fully saturated rings. The predicted molar refractivity (Wildman–Crippen MR) is 63.3 cm³/mol. The lowest BCUT2D eigenvalue weighted by Crippen LogP contribution is -2.00. The minimum atomic E-state index is -0.168. The van der Waals surface area contributed by atoms with Crippen molar-refractivity contribution in [2.75, 3.05) is 0 Å². The van der Waals surface area contributed by atoms with Crippen molar-refractivity contribution in [3.05, 3.63) is 57.5 Å². The van der Waals surface area contributed by atoms with Gasteiger partial charge in [0, 0.05) is 10.6 Å². The van der Waals surface area contributed by atoms with Gasteiger partial charge in [0.05, 0.1) is 10.6 Å². The number of aryl methyl sites for hydroxylation is 1. The van der Waals surface area contributed by atoms with E-state index in [1.165, 1.54) is 6.26 Å². The maximum absolute atomic E-state index is 12.0. The van der Waals surface area contributed by atoms with Crippen molar-refractivity contribution in [1.82, 2.24) is 0 Å². The number of benzene rings is 1. The molecule has 1 heterocycles. The average molecular weight is 255 g/mol. The molecule has 0 saturated carbocycles. The van der Waals surface area contributed by atoms with Gasteiger partial charge in [-0.25, -0.2) is 0 Å². The molecule has 0 bridgehead atoms. The third-order valence-electron chi connectivity index (χ3n) is 2.17. The summed E-state index contributed by atoms with van der Waals surface area (Å²) in [6, 6.07) is 6.46. The van der Waals surface area contributed by atoms with Crippen LogP contribution in [0.5, 0.6) is 0 Å². The summed E-state index contributed by atoms with van der Waals surface area (Å²) in [7, 11) is 0. The van der Waals surface area contributed by atoms with E-state index in [1.807, 2.05) is 0 Å². The van der Waals surface area contributed by atoms with E-state index >= 15 is 0 Å². The van der Waals surface area contributed by atoms with E-state index in [4.69, 9.17) is 27.6 Å². The largest absolute Gasteiger partial charge is 0.469 e. The predicted octanol–water partition coefficient (Wildman–Crippen LogP) is 4.13. The van der Waals surface area contributed by atoms with Gasteiger partial charge >= 0.3 is 0 Å². The number of ketones is 1. The monoisotopic (exact) mass is 254 g/mol. The summed E-state index contributed by atoms with van der Waals surface area (Å²) >= 11 is 11.7.